The van der Waals surface area contributed by atoms with Crippen LogP contribution in [-0.2, 0) is 9.47 Å². The third kappa shape index (κ3) is 9.74. The van der Waals surface area contributed by atoms with Crippen LogP contribution < -0.4 is 0 Å². The summed E-state index contributed by atoms with van der Waals surface area (Å²) in [6.45, 7) is 7.02. The van der Waals surface area contributed by atoms with Crippen molar-refractivity contribution in [3.8, 4) is 11.8 Å². The van der Waals surface area contributed by atoms with Crippen molar-refractivity contribution in [2.45, 2.75) is 52.4 Å². The van der Waals surface area contributed by atoms with Gasteiger partial charge >= 0.3 is 0 Å². The van der Waals surface area contributed by atoms with Crippen LogP contribution in [0, 0.1) is 11.8 Å². The van der Waals surface area contributed by atoms with E-state index in [9.17, 15) is 5.11 Å². The standard InChI is InChI=1S/C12H22O3/c1-4-8-12(13)9-6-7-10-15-11(3)14-5-2/h11-13H,4-5,7-8,10H2,1-3H3. The van der Waals surface area contributed by atoms with Crippen LogP contribution in [0.2, 0.25) is 0 Å². The molecular formula is C12H22O3. The van der Waals surface area contributed by atoms with Gasteiger partial charge in [0.15, 0.2) is 6.29 Å². The molecule has 2 unspecified atom stereocenters. The van der Waals surface area contributed by atoms with Gasteiger partial charge < -0.3 is 14.6 Å². The molecular weight excluding hydrogens is 192 g/mol. The summed E-state index contributed by atoms with van der Waals surface area (Å²) >= 11 is 0. The molecule has 0 fully saturated rings. The lowest BCUT2D eigenvalue weighted by Gasteiger charge is -2.10. The summed E-state index contributed by atoms with van der Waals surface area (Å²) < 4.78 is 10.5. The number of aliphatic hydroxyl groups excluding tert-OH is 1. The second-order valence-electron chi connectivity index (χ2n) is 3.27. The molecule has 0 aromatic heterocycles. The van der Waals surface area contributed by atoms with Gasteiger partial charge in [-0.05, 0) is 20.3 Å². The van der Waals surface area contributed by atoms with Crippen molar-refractivity contribution < 1.29 is 14.6 Å². The molecule has 0 bridgehead atoms. The molecule has 0 aromatic carbocycles. The molecule has 0 aromatic rings. The minimum atomic E-state index is -0.487. The minimum absolute atomic E-state index is 0.169. The Bertz CT molecular complexity index is 193. The van der Waals surface area contributed by atoms with Crippen LogP contribution in [0.5, 0.6) is 0 Å². The molecule has 0 spiro atoms. The first-order chi connectivity index (χ1) is 7.20. The number of ether oxygens (including phenoxy) is 2. The van der Waals surface area contributed by atoms with Gasteiger partial charge in [0.25, 0.3) is 0 Å². The van der Waals surface area contributed by atoms with E-state index in [4.69, 9.17) is 9.47 Å². The molecule has 3 nitrogen and oxygen atoms in total. The van der Waals surface area contributed by atoms with Gasteiger partial charge in [-0.3, -0.25) is 0 Å². The zero-order chi connectivity index (χ0) is 11.5. The van der Waals surface area contributed by atoms with Crippen molar-refractivity contribution in [1.82, 2.24) is 0 Å². The Hall–Kier alpha value is -0.560. The smallest absolute Gasteiger partial charge is 0.154 e. The van der Waals surface area contributed by atoms with Gasteiger partial charge in [0.2, 0.25) is 0 Å². The van der Waals surface area contributed by atoms with E-state index >= 15 is 0 Å². The first-order valence-electron chi connectivity index (χ1n) is 5.60. The summed E-state index contributed by atoms with van der Waals surface area (Å²) in [5, 5.41) is 9.30. The van der Waals surface area contributed by atoms with Gasteiger partial charge in [0.1, 0.15) is 6.10 Å². The van der Waals surface area contributed by atoms with Gasteiger partial charge in [-0.15, -0.1) is 0 Å². The lowest BCUT2D eigenvalue weighted by molar-refractivity contribution is -0.125. The summed E-state index contributed by atoms with van der Waals surface area (Å²) in [5.41, 5.74) is 0. The van der Waals surface area contributed by atoms with Crippen LogP contribution in [0.25, 0.3) is 0 Å². The molecule has 15 heavy (non-hydrogen) atoms. The van der Waals surface area contributed by atoms with Crippen LogP contribution >= 0.6 is 0 Å². The van der Waals surface area contributed by atoms with Crippen LogP contribution in [0.1, 0.15) is 40.0 Å². The molecule has 0 aliphatic carbocycles. The highest BCUT2D eigenvalue weighted by Crippen LogP contribution is 1.95. The number of rotatable bonds is 7. The van der Waals surface area contributed by atoms with Gasteiger partial charge in [0.05, 0.1) is 6.61 Å². The van der Waals surface area contributed by atoms with Gasteiger partial charge in [-0.2, -0.15) is 0 Å². The van der Waals surface area contributed by atoms with Crippen molar-refractivity contribution in [2.24, 2.45) is 0 Å². The molecule has 0 amide bonds. The van der Waals surface area contributed by atoms with Crippen molar-refractivity contribution in [3.05, 3.63) is 0 Å². The van der Waals surface area contributed by atoms with Crippen molar-refractivity contribution in [1.29, 1.82) is 0 Å². The van der Waals surface area contributed by atoms with Crippen LogP contribution in [0.15, 0.2) is 0 Å². The highest BCUT2D eigenvalue weighted by Gasteiger charge is 1.98. The number of hydrogen-bond acceptors (Lipinski definition) is 3. The average molecular weight is 214 g/mol. The average Bonchev–Trinajstić information content (AvgIpc) is 2.18. The highest BCUT2D eigenvalue weighted by atomic mass is 16.7. The lowest BCUT2D eigenvalue weighted by atomic mass is 10.2. The Morgan fingerprint density at radius 3 is 2.60 bits per heavy atom. The van der Waals surface area contributed by atoms with Gasteiger partial charge in [-0.25, -0.2) is 0 Å². The van der Waals surface area contributed by atoms with Crippen LogP contribution in [0.3, 0.4) is 0 Å². The summed E-state index contributed by atoms with van der Waals surface area (Å²) in [4.78, 5) is 0. The SMILES string of the molecule is CCCC(O)C#CCCOC(C)OCC. The maximum absolute atomic E-state index is 9.30. The van der Waals surface area contributed by atoms with Crippen LogP contribution in [0.4, 0.5) is 0 Å². The number of aliphatic hydroxyl groups is 1. The molecule has 1 N–H and O–H groups in total. The Balaban J connectivity index is 3.44. The first-order valence-corrected chi connectivity index (χ1v) is 5.60. The summed E-state index contributed by atoms with van der Waals surface area (Å²) in [6.07, 6.45) is 1.67. The van der Waals surface area contributed by atoms with Crippen molar-refractivity contribution in [3.63, 3.8) is 0 Å². The van der Waals surface area contributed by atoms with E-state index in [2.05, 4.69) is 11.8 Å². The third-order valence-corrected chi connectivity index (χ3v) is 1.81. The molecule has 0 aliphatic heterocycles. The predicted octanol–water partition coefficient (Wildman–Crippen LogP) is 1.94. The van der Waals surface area contributed by atoms with Gasteiger partial charge in [-0.1, -0.05) is 25.2 Å². The van der Waals surface area contributed by atoms with Crippen molar-refractivity contribution >= 4 is 0 Å². The topological polar surface area (TPSA) is 38.7 Å². The van der Waals surface area contributed by atoms with E-state index in [1.807, 2.05) is 20.8 Å². The Labute approximate surface area is 92.8 Å². The molecule has 0 rings (SSSR count). The fourth-order valence-electron chi connectivity index (χ4n) is 1.09. The monoisotopic (exact) mass is 214 g/mol. The maximum Gasteiger partial charge on any atom is 0.154 e. The zero-order valence-corrected chi connectivity index (χ0v) is 9.95. The Kier molecular flexibility index (Phi) is 9.60. The van der Waals surface area contributed by atoms with E-state index < -0.39 is 6.10 Å². The molecule has 88 valence electrons. The van der Waals surface area contributed by atoms with E-state index in [0.29, 0.717) is 19.6 Å². The van der Waals surface area contributed by atoms with Gasteiger partial charge in [0, 0.05) is 13.0 Å². The molecule has 2 atom stereocenters. The Morgan fingerprint density at radius 2 is 2.00 bits per heavy atom. The van der Waals surface area contributed by atoms with Crippen molar-refractivity contribution in [2.75, 3.05) is 13.2 Å². The lowest BCUT2D eigenvalue weighted by Crippen LogP contribution is -2.13. The summed E-state index contributed by atoms with van der Waals surface area (Å²) in [7, 11) is 0. The van der Waals surface area contributed by atoms with E-state index in [-0.39, 0.29) is 6.29 Å². The van der Waals surface area contributed by atoms with Crippen LogP contribution in [-0.4, -0.2) is 30.7 Å². The van der Waals surface area contributed by atoms with E-state index in [0.717, 1.165) is 12.8 Å². The summed E-state index contributed by atoms with van der Waals surface area (Å²) in [6, 6.07) is 0. The molecule has 0 heterocycles. The second-order valence-corrected chi connectivity index (χ2v) is 3.27. The van der Waals surface area contributed by atoms with E-state index in [1.54, 1.807) is 0 Å². The normalized spacial score (nSPS) is 14.1. The molecule has 0 radical (unpaired) electrons. The molecule has 3 heteroatoms. The molecule has 0 saturated heterocycles. The quantitative estimate of drug-likeness (QED) is 0.400. The highest BCUT2D eigenvalue weighted by molar-refractivity contribution is 5.04. The largest absolute Gasteiger partial charge is 0.380 e. The zero-order valence-electron chi connectivity index (χ0n) is 9.95. The third-order valence-electron chi connectivity index (χ3n) is 1.81. The summed E-state index contributed by atoms with van der Waals surface area (Å²) in [5.74, 6) is 5.66. The number of hydrogen-bond donors (Lipinski definition) is 1. The Morgan fingerprint density at radius 1 is 1.27 bits per heavy atom. The molecule has 0 aliphatic rings. The fourth-order valence-corrected chi connectivity index (χ4v) is 1.09. The fraction of sp³-hybridized carbons (Fsp3) is 0.833. The van der Waals surface area contributed by atoms with E-state index in [1.165, 1.54) is 0 Å². The maximum atomic E-state index is 9.30. The minimum Gasteiger partial charge on any atom is -0.380 e. The molecule has 0 saturated carbocycles. The predicted molar refractivity (Wildman–Crippen MR) is 60.3 cm³/mol. The second kappa shape index (κ2) is 9.97. The first kappa shape index (κ1) is 14.4.